The lowest BCUT2D eigenvalue weighted by Crippen LogP contribution is -2.41. The third-order valence-electron chi connectivity index (χ3n) is 5.59. The molecule has 188 valence electrons. The highest BCUT2D eigenvalue weighted by Gasteiger charge is 2.54. The van der Waals surface area contributed by atoms with E-state index in [1.165, 1.54) is 31.4 Å². The van der Waals surface area contributed by atoms with Gasteiger partial charge >= 0.3 is 5.97 Å². The van der Waals surface area contributed by atoms with Crippen LogP contribution in [0.2, 0.25) is 0 Å². The van der Waals surface area contributed by atoms with Gasteiger partial charge in [-0.1, -0.05) is 43.7 Å². The van der Waals surface area contributed by atoms with Gasteiger partial charge in [0.25, 0.3) is 0 Å². The molecule has 0 spiro atoms. The van der Waals surface area contributed by atoms with Crippen LogP contribution in [0.5, 0.6) is 0 Å². The minimum absolute atomic E-state index is 0.0700. The Morgan fingerprint density at radius 2 is 1.94 bits per heavy atom. The van der Waals surface area contributed by atoms with Crippen LogP contribution < -0.4 is 0 Å². The van der Waals surface area contributed by atoms with E-state index in [0.717, 1.165) is 12.8 Å². The SMILES string of the molecule is CC=CC=CC=CC(=O)CC(O)=C1C(=O)OC2(C)C(=O)C(C=NCCCC)=C(CC(O)CO)C=C12. The van der Waals surface area contributed by atoms with Crippen molar-refractivity contribution in [3.8, 4) is 0 Å². The Labute approximate surface area is 205 Å². The first-order chi connectivity index (χ1) is 16.7. The Morgan fingerprint density at radius 1 is 1.23 bits per heavy atom. The molecule has 3 N–H and O–H groups in total. The standard InChI is InChI=1S/C27H33NO7/c1-4-6-8-9-10-11-19(30)15-23(32)24-22-14-18(13-20(31)17-29)21(16-28-12-7-5-2)25(33)27(22,3)35-26(24)34/h4,6,8-11,14,16,20,29,31-32H,5,7,12-13,15,17H2,1-3H3. The first-order valence-electron chi connectivity index (χ1n) is 11.6. The number of rotatable bonds is 12. The van der Waals surface area contributed by atoms with Gasteiger partial charge in [0.15, 0.2) is 11.4 Å². The fourth-order valence-electron chi connectivity index (χ4n) is 3.70. The molecule has 1 fully saturated rings. The molecule has 0 radical (unpaired) electrons. The number of aliphatic imine (C=N–C) groups is 1. The number of hydrogen-bond donors (Lipinski definition) is 3. The number of nitrogens with zero attached hydrogens (tertiary/aromatic N) is 1. The van der Waals surface area contributed by atoms with Crippen molar-refractivity contribution in [1.82, 2.24) is 0 Å². The number of esters is 1. The zero-order chi connectivity index (χ0) is 26.0. The minimum Gasteiger partial charge on any atom is -0.511 e. The van der Waals surface area contributed by atoms with E-state index in [9.17, 15) is 29.7 Å². The van der Waals surface area contributed by atoms with Crippen molar-refractivity contribution < 1.29 is 34.4 Å². The maximum absolute atomic E-state index is 13.4. The van der Waals surface area contributed by atoms with Crippen LogP contribution in [0.3, 0.4) is 0 Å². The molecule has 1 saturated heterocycles. The second kappa shape index (κ2) is 12.9. The Morgan fingerprint density at radius 3 is 2.60 bits per heavy atom. The number of unbranched alkanes of at least 4 members (excludes halogenated alkanes) is 1. The second-order valence-corrected chi connectivity index (χ2v) is 8.41. The zero-order valence-electron chi connectivity index (χ0n) is 20.4. The van der Waals surface area contributed by atoms with E-state index < -0.39 is 48.0 Å². The van der Waals surface area contributed by atoms with Crippen molar-refractivity contribution in [3.63, 3.8) is 0 Å². The lowest BCUT2D eigenvalue weighted by atomic mass is 9.77. The molecule has 1 aliphatic heterocycles. The van der Waals surface area contributed by atoms with Crippen LogP contribution in [0.25, 0.3) is 0 Å². The van der Waals surface area contributed by atoms with E-state index in [-0.39, 0.29) is 23.1 Å². The number of ketones is 2. The van der Waals surface area contributed by atoms with E-state index in [4.69, 9.17) is 4.74 Å². The molecular formula is C27H33NO7. The molecule has 35 heavy (non-hydrogen) atoms. The van der Waals surface area contributed by atoms with Gasteiger partial charge in [-0.05, 0) is 38.0 Å². The number of ether oxygens (including phenoxy) is 1. The highest BCUT2D eigenvalue weighted by atomic mass is 16.6. The quantitative estimate of drug-likeness (QED) is 0.0969. The van der Waals surface area contributed by atoms with Gasteiger partial charge in [0.1, 0.15) is 11.3 Å². The van der Waals surface area contributed by atoms with Crippen molar-refractivity contribution >= 4 is 23.8 Å². The molecule has 8 nitrogen and oxygen atoms in total. The lowest BCUT2D eigenvalue weighted by Gasteiger charge is -2.28. The summed E-state index contributed by atoms with van der Waals surface area (Å²) in [6, 6.07) is 0. The number of Topliss-reactive ketones (excluding diaryl/α,β-unsaturated/α-hetero) is 1. The number of fused-ring (bicyclic) bond motifs is 1. The molecule has 2 unspecified atom stereocenters. The maximum atomic E-state index is 13.4. The topological polar surface area (TPSA) is 133 Å². The fourth-order valence-corrected chi connectivity index (χ4v) is 3.70. The zero-order valence-corrected chi connectivity index (χ0v) is 20.4. The Balaban J connectivity index is 2.47. The molecule has 1 aliphatic carbocycles. The first kappa shape index (κ1) is 27.9. The van der Waals surface area contributed by atoms with Crippen LogP contribution in [0.4, 0.5) is 0 Å². The molecular weight excluding hydrogens is 450 g/mol. The van der Waals surface area contributed by atoms with Crippen LogP contribution in [-0.4, -0.2) is 63.9 Å². The minimum atomic E-state index is -1.70. The van der Waals surface area contributed by atoms with Crippen molar-refractivity contribution in [3.05, 3.63) is 70.6 Å². The summed E-state index contributed by atoms with van der Waals surface area (Å²) in [5.74, 6) is -2.42. The van der Waals surface area contributed by atoms with Gasteiger partial charge in [-0.3, -0.25) is 14.6 Å². The number of carbonyl (C=O) groups excluding carboxylic acids is 3. The largest absolute Gasteiger partial charge is 0.511 e. The number of carbonyl (C=O) groups is 3. The van der Waals surface area contributed by atoms with Crippen molar-refractivity contribution in [2.75, 3.05) is 13.2 Å². The average Bonchev–Trinajstić information content (AvgIpc) is 3.08. The number of aliphatic hydroxyl groups is 3. The van der Waals surface area contributed by atoms with Crippen molar-refractivity contribution in [2.24, 2.45) is 4.99 Å². The molecule has 1 heterocycles. The number of allylic oxidation sites excluding steroid dienone is 8. The summed E-state index contributed by atoms with van der Waals surface area (Å²) in [6.45, 7) is 5.27. The summed E-state index contributed by atoms with van der Waals surface area (Å²) in [4.78, 5) is 42.7. The monoisotopic (exact) mass is 483 g/mol. The molecule has 2 rings (SSSR count). The van der Waals surface area contributed by atoms with E-state index >= 15 is 0 Å². The molecule has 0 aromatic heterocycles. The van der Waals surface area contributed by atoms with Gasteiger partial charge < -0.3 is 20.1 Å². The molecule has 0 saturated carbocycles. The van der Waals surface area contributed by atoms with Gasteiger partial charge in [0.05, 0.1) is 19.1 Å². The smallest absolute Gasteiger partial charge is 0.343 e. The highest BCUT2D eigenvalue weighted by Crippen LogP contribution is 2.44. The highest BCUT2D eigenvalue weighted by molar-refractivity contribution is 6.23. The number of aliphatic hydroxyl groups excluding tert-OH is 3. The van der Waals surface area contributed by atoms with Gasteiger partial charge in [-0.15, -0.1) is 0 Å². The van der Waals surface area contributed by atoms with Crippen LogP contribution >= 0.6 is 0 Å². The molecule has 8 heteroatoms. The van der Waals surface area contributed by atoms with E-state index in [1.54, 1.807) is 18.2 Å². The van der Waals surface area contributed by atoms with Crippen LogP contribution in [0.15, 0.2) is 75.6 Å². The second-order valence-electron chi connectivity index (χ2n) is 8.41. The Bertz CT molecular complexity index is 1060. The third kappa shape index (κ3) is 6.83. The van der Waals surface area contributed by atoms with E-state index in [1.807, 2.05) is 19.9 Å². The molecule has 0 bridgehead atoms. The third-order valence-corrected chi connectivity index (χ3v) is 5.59. The summed E-state index contributed by atoms with van der Waals surface area (Å²) in [7, 11) is 0. The van der Waals surface area contributed by atoms with E-state index in [2.05, 4.69) is 4.99 Å². The van der Waals surface area contributed by atoms with Crippen LogP contribution in [0.1, 0.15) is 46.5 Å². The van der Waals surface area contributed by atoms with Gasteiger partial charge in [0.2, 0.25) is 5.78 Å². The normalized spacial score (nSPS) is 23.1. The first-order valence-corrected chi connectivity index (χ1v) is 11.6. The summed E-state index contributed by atoms with van der Waals surface area (Å²) in [5, 5.41) is 30.0. The summed E-state index contributed by atoms with van der Waals surface area (Å²) < 4.78 is 5.41. The Hall–Kier alpha value is -3.36. The Kier molecular flexibility index (Phi) is 10.3. The summed E-state index contributed by atoms with van der Waals surface area (Å²) >= 11 is 0. The lowest BCUT2D eigenvalue weighted by molar-refractivity contribution is -0.151. The van der Waals surface area contributed by atoms with Gasteiger partial charge in [0, 0.05) is 30.3 Å². The van der Waals surface area contributed by atoms with Crippen LogP contribution in [-0.2, 0) is 19.1 Å². The average molecular weight is 484 g/mol. The number of hydrogen-bond acceptors (Lipinski definition) is 8. The molecule has 2 aliphatic rings. The molecule has 0 aromatic carbocycles. The molecule has 0 amide bonds. The molecule has 2 atom stereocenters. The predicted octanol–water partition coefficient (Wildman–Crippen LogP) is 3.18. The van der Waals surface area contributed by atoms with Crippen LogP contribution in [0, 0.1) is 0 Å². The van der Waals surface area contributed by atoms with Gasteiger partial charge in [-0.25, -0.2) is 4.79 Å². The van der Waals surface area contributed by atoms with Crippen molar-refractivity contribution in [1.29, 1.82) is 0 Å². The van der Waals surface area contributed by atoms with E-state index in [0.29, 0.717) is 12.1 Å². The summed E-state index contributed by atoms with van der Waals surface area (Å²) in [6.07, 6.45) is 12.8. The fraction of sp³-hybridized carbons (Fsp3) is 0.407. The van der Waals surface area contributed by atoms with Crippen molar-refractivity contribution in [2.45, 2.75) is 58.2 Å². The maximum Gasteiger partial charge on any atom is 0.343 e. The summed E-state index contributed by atoms with van der Waals surface area (Å²) in [5.41, 5.74) is -1.31. The molecule has 0 aromatic rings. The van der Waals surface area contributed by atoms with Gasteiger partial charge in [-0.2, -0.15) is 0 Å². The predicted molar refractivity (Wildman–Crippen MR) is 133 cm³/mol.